The third-order valence-corrected chi connectivity index (χ3v) is 2.55. The Balaban J connectivity index is 2.63. The molecule has 0 amide bonds. The third kappa shape index (κ3) is 4.75. The Labute approximate surface area is 108 Å². The van der Waals surface area contributed by atoms with E-state index in [0.717, 1.165) is 0 Å². The van der Waals surface area contributed by atoms with Crippen molar-refractivity contribution in [2.45, 2.75) is 18.4 Å². The van der Waals surface area contributed by atoms with Crippen LogP contribution in [0.2, 0.25) is 0 Å². The van der Waals surface area contributed by atoms with E-state index in [0.29, 0.717) is 5.56 Å². The van der Waals surface area contributed by atoms with Gasteiger partial charge in [-0.1, -0.05) is 12.1 Å². The van der Waals surface area contributed by atoms with Crippen LogP contribution in [0.15, 0.2) is 24.3 Å². The molecule has 2 N–H and O–H groups in total. The Morgan fingerprint density at radius 3 is 2.17 bits per heavy atom. The van der Waals surface area contributed by atoms with Gasteiger partial charge in [0.25, 0.3) is 0 Å². The molecule has 0 aliphatic carbocycles. The molecule has 0 aliphatic heterocycles. The van der Waals surface area contributed by atoms with E-state index in [1.54, 1.807) is 0 Å². The zero-order valence-electron chi connectivity index (χ0n) is 9.26. The predicted octanol–water partition coefficient (Wildman–Crippen LogP) is 1.95. The number of thiol groups is 1. The molecule has 1 rings (SSSR count). The third-order valence-electron chi connectivity index (χ3n) is 2.18. The van der Waals surface area contributed by atoms with E-state index in [1.165, 1.54) is 24.3 Å². The zero-order valence-corrected chi connectivity index (χ0v) is 10.2. The number of aliphatic hydroxyl groups is 2. The topological polar surface area (TPSA) is 49.7 Å². The molecule has 7 heteroatoms. The lowest BCUT2D eigenvalue weighted by Gasteiger charge is -2.16. The molecular weight excluding hydrogens is 269 g/mol. The van der Waals surface area contributed by atoms with Crippen molar-refractivity contribution in [3.05, 3.63) is 29.8 Å². The highest BCUT2D eigenvalue weighted by molar-refractivity contribution is 7.80. The molecule has 1 aromatic rings. The van der Waals surface area contributed by atoms with Crippen molar-refractivity contribution < 1.29 is 28.1 Å². The van der Waals surface area contributed by atoms with E-state index in [4.69, 9.17) is 0 Å². The number of aliphatic hydroxyl groups excluding tert-OH is 2. The van der Waals surface area contributed by atoms with Crippen LogP contribution in [0.25, 0.3) is 0 Å². The van der Waals surface area contributed by atoms with Gasteiger partial charge < -0.3 is 14.9 Å². The van der Waals surface area contributed by atoms with Crippen LogP contribution in [0.3, 0.4) is 0 Å². The van der Waals surface area contributed by atoms with Crippen molar-refractivity contribution in [2.75, 3.05) is 12.4 Å². The van der Waals surface area contributed by atoms with E-state index in [-0.39, 0.29) is 11.5 Å². The maximum Gasteiger partial charge on any atom is 0.422 e. The first-order chi connectivity index (χ1) is 8.33. The molecule has 0 heterocycles. The molecule has 18 heavy (non-hydrogen) atoms. The Morgan fingerprint density at radius 1 is 1.17 bits per heavy atom. The Morgan fingerprint density at radius 2 is 1.72 bits per heavy atom. The van der Waals surface area contributed by atoms with Crippen molar-refractivity contribution in [2.24, 2.45) is 0 Å². The van der Waals surface area contributed by atoms with Crippen LogP contribution in [0.4, 0.5) is 13.2 Å². The molecule has 3 nitrogen and oxygen atoms in total. The summed E-state index contributed by atoms with van der Waals surface area (Å²) in [5.74, 6) is 0.122. The van der Waals surface area contributed by atoms with Crippen molar-refractivity contribution in [3.8, 4) is 5.75 Å². The van der Waals surface area contributed by atoms with E-state index in [2.05, 4.69) is 17.4 Å². The van der Waals surface area contributed by atoms with E-state index in [9.17, 15) is 23.4 Å². The van der Waals surface area contributed by atoms with Crippen LogP contribution in [0.1, 0.15) is 11.7 Å². The zero-order chi connectivity index (χ0) is 13.8. The number of ether oxygens (including phenoxy) is 1. The van der Waals surface area contributed by atoms with Crippen molar-refractivity contribution >= 4 is 12.6 Å². The minimum absolute atomic E-state index is 0.0450. The minimum Gasteiger partial charge on any atom is -0.484 e. The number of hydrogen-bond donors (Lipinski definition) is 3. The van der Waals surface area contributed by atoms with Crippen molar-refractivity contribution in [3.63, 3.8) is 0 Å². The first-order valence-electron chi connectivity index (χ1n) is 5.10. The smallest absolute Gasteiger partial charge is 0.422 e. The Hall–Kier alpha value is -0.920. The Kier molecular flexibility index (Phi) is 5.30. The molecule has 1 aromatic carbocycles. The summed E-state index contributed by atoms with van der Waals surface area (Å²) in [4.78, 5) is 0. The summed E-state index contributed by atoms with van der Waals surface area (Å²) >= 11 is 3.83. The van der Waals surface area contributed by atoms with Gasteiger partial charge in [0.15, 0.2) is 6.61 Å². The molecular formula is C11H13F3O3S. The number of halogens is 3. The normalized spacial score (nSPS) is 15.2. The lowest BCUT2D eigenvalue weighted by molar-refractivity contribution is -0.153. The second-order valence-corrected chi connectivity index (χ2v) is 4.03. The minimum atomic E-state index is -4.39. The quantitative estimate of drug-likeness (QED) is 0.724. The molecule has 0 saturated heterocycles. The van der Waals surface area contributed by atoms with Crippen LogP contribution >= 0.6 is 12.6 Å². The van der Waals surface area contributed by atoms with Crippen molar-refractivity contribution in [1.82, 2.24) is 0 Å². The summed E-state index contributed by atoms with van der Waals surface area (Å²) in [5.41, 5.74) is 0.385. The molecule has 0 radical (unpaired) electrons. The highest BCUT2D eigenvalue weighted by atomic mass is 32.1. The summed E-state index contributed by atoms with van der Waals surface area (Å²) < 4.78 is 40.2. The molecule has 0 fully saturated rings. The number of rotatable bonds is 5. The maximum absolute atomic E-state index is 11.9. The molecule has 0 aliphatic rings. The van der Waals surface area contributed by atoms with Gasteiger partial charge in [-0.05, 0) is 17.7 Å². The Bertz CT molecular complexity index is 367. The number of hydrogen-bond acceptors (Lipinski definition) is 4. The summed E-state index contributed by atoms with van der Waals surface area (Å²) in [5, 5.41) is 19.0. The lowest BCUT2D eigenvalue weighted by Crippen LogP contribution is -2.20. The molecule has 0 spiro atoms. The van der Waals surface area contributed by atoms with E-state index >= 15 is 0 Å². The number of alkyl halides is 3. The fourth-order valence-electron chi connectivity index (χ4n) is 1.25. The van der Waals surface area contributed by atoms with Crippen molar-refractivity contribution in [1.29, 1.82) is 0 Å². The fraction of sp³-hybridized carbons (Fsp3) is 0.455. The maximum atomic E-state index is 11.9. The van der Waals surface area contributed by atoms with Gasteiger partial charge in [0.1, 0.15) is 11.9 Å². The first-order valence-corrected chi connectivity index (χ1v) is 5.73. The van der Waals surface area contributed by atoms with Crippen LogP contribution in [-0.2, 0) is 0 Å². The number of benzene rings is 1. The first kappa shape index (κ1) is 15.1. The average molecular weight is 282 g/mol. The highest BCUT2D eigenvalue weighted by Crippen LogP contribution is 2.22. The van der Waals surface area contributed by atoms with Gasteiger partial charge in [0.2, 0.25) is 0 Å². The monoisotopic (exact) mass is 282 g/mol. The molecule has 102 valence electrons. The van der Waals surface area contributed by atoms with Crippen LogP contribution < -0.4 is 4.74 Å². The largest absolute Gasteiger partial charge is 0.484 e. The molecule has 2 atom stereocenters. The highest BCUT2D eigenvalue weighted by Gasteiger charge is 2.28. The summed E-state index contributed by atoms with van der Waals surface area (Å²) in [7, 11) is 0. The molecule has 2 unspecified atom stereocenters. The second kappa shape index (κ2) is 6.31. The SMILES string of the molecule is OC(CS)C(O)c1ccc(OCC(F)(F)F)cc1. The van der Waals surface area contributed by atoms with E-state index < -0.39 is 25.0 Å². The standard InChI is InChI=1S/C11H13F3O3S/c12-11(13,14)6-17-8-3-1-7(2-4-8)10(16)9(15)5-18/h1-4,9-10,15-16,18H,5-6H2. The summed E-state index contributed by atoms with van der Waals surface area (Å²) in [6.45, 7) is -1.37. The molecule has 0 saturated carbocycles. The summed E-state index contributed by atoms with van der Waals surface area (Å²) in [6, 6.07) is 5.39. The van der Waals surface area contributed by atoms with Gasteiger partial charge >= 0.3 is 6.18 Å². The average Bonchev–Trinajstić information content (AvgIpc) is 2.34. The lowest BCUT2D eigenvalue weighted by atomic mass is 10.1. The predicted molar refractivity (Wildman–Crippen MR) is 62.8 cm³/mol. The van der Waals surface area contributed by atoms with Gasteiger partial charge in [0, 0.05) is 5.75 Å². The van der Waals surface area contributed by atoms with Gasteiger partial charge in [-0.15, -0.1) is 0 Å². The van der Waals surface area contributed by atoms with Gasteiger partial charge in [-0.3, -0.25) is 0 Å². The van der Waals surface area contributed by atoms with E-state index in [1.807, 2.05) is 0 Å². The van der Waals surface area contributed by atoms with Crippen LogP contribution in [0.5, 0.6) is 5.75 Å². The van der Waals surface area contributed by atoms with Gasteiger partial charge in [-0.25, -0.2) is 0 Å². The second-order valence-electron chi connectivity index (χ2n) is 3.67. The fourth-order valence-corrected chi connectivity index (χ4v) is 1.45. The van der Waals surface area contributed by atoms with Gasteiger partial charge in [-0.2, -0.15) is 25.8 Å². The van der Waals surface area contributed by atoms with Crippen LogP contribution in [0, 0.1) is 0 Å². The molecule has 0 aromatic heterocycles. The van der Waals surface area contributed by atoms with Gasteiger partial charge in [0.05, 0.1) is 6.10 Å². The molecule has 0 bridgehead atoms. The summed E-state index contributed by atoms with van der Waals surface area (Å²) in [6.07, 6.45) is -6.55. The van der Waals surface area contributed by atoms with Crippen LogP contribution in [-0.4, -0.2) is 34.9 Å².